The fourth-order valence-corrected chi connectivity index (χ4v) is 4.20. The average molecular weight is 394 g/mol. The number of benzene rings is 1. The van der Waals surface area contributed by atoms with Gasteiger partial charge in [-0.25, -0.2) is 9.78 Å². The minimum atomic E-state index is -0.146. The standard InChI is InChI=1S/C23H31N5O/c29-23(26-18-7-3-1-4-8-18)27-20-11-14-22(24-17-20)25-19-9-12-21(13-10-19)28-15-5-2-6-16-28/h9-14,17-18H,1-8,15-16H2,(H,24,25)(H2,26,27,29). The van der Waals surface area contributed by atoms with Crippen molar-refractivity contribution in [3.8, 4) is 0 Å². The van der Waals surface area contributed by atoms with Gasteiger partial charge in [-0.2, -0.15) is 0 Å². The maximum absolute atomic E-state index is 12.1. The number of anilines is 4. The lowest BCUT2D eigenvalue weighted by atomic mass is 9.96. The Kier molecular flexibility index (Phi) is 6.49. The highest BCUT2D eigenvalue weighted by Gasteiger charge is 2.15. The van der Waals surface area contributed by atoms with Gasteiger partial charge >= 0.3 is 6.03 Å². The van der Waals surface area contributed by atoms with E-state index in [2.05, 4.69) is 50.1 Å². The molecule has 1 aromatic carbocycles. The molecule has 0 spiro atoms. The smallest absolute Gasteiger partial charge is 0.319 e. The predicted octanol–water partition coefficient (Wildman–Crippen LogP) is 5.27. The molecule has 1 aromatic heterocycles. The van der Waals surface area contributed by atoms with Crippen LogP contribution < -0.4 is 20.9 Å². The number of nitrogens with one attached hydrogen (secondary N) is 3. The summed E-state index contributed by atoms with van der Waals surface area (Å²) in [6, 6.07) is 12.4. The van der Waals surface area contributed by atoms with E-state index in [9.17, 15) is 4.79 Å². The SMILES string of the molecule is O=C(Nc1ccc(Nc2ccc(N3CCCCC3)cc2)nc1)NC1CCCCC1. The zero-order chi connectivity index (χ0) is 19.9. The van der Waals surface area contributed by atoms with Crippen LogP contribution in [-0.4, -0.2) is 30.1 Å². The second-order valence-corrected chi connectivity index (χ2v) is 8.09. The highest BCUT2D eigenvalue weighted by atomic mass is 16.2. The first kappa shape index (κ1) is 19.6. The van der Waals surface area contributed by atoms with E-state index in [0.717, 1.165) is 37.4 Å². The Morgan fingerprint density at radius 3 is 2.24 bits per heavy atom. The topological polar surface area (TPSA) is 69.3 Å². The fourth-order valence-electron chi connectivity index (χ4n) is 4.20. The predicted molar refractivity (Wildman–Crippen MR) is 119 cm³/mol. The molecule has 1 saturated carbocycles. The highest BCUT2D eigenvalue weighted by molar-refractivity contribution is 5.89. The lowest BCUT2D eigenvalue weighted by Gasteiger charge is -2.28. The van der Waals surface area contributed by atoms with Gasteiger partial charge < -0.3 is 20.9 Å². The number of carbonyl (C=O) groups is 1. The molecule has 29 heavy (non-hydrogen) atoms. The lowest BCUT2D eigenvalue weighted by molar-refractivity contribution is 0.244. The van der Waals surface area contributed by atoms with Crippen molar-refractivity contribution in [1.29, 1.82) is 0 Å². The first-order valence-corrected chi connectivity index (χ1v) is 10.9. The number of amides is 2. The quantitative estimate of drug-likeness (QED) is 0.647. The molecule has 1 aliphatic heterocycles. The van der Waals surface area contributed by atoms with Gasteiger partial charge in [-0.05, 0) is 68.5 Å². The van der Waals surface area contributed by atoms with Crippen LogP contribution >= 0.6 is 0 Å². The van der Waals surface area contributed by atoms with Crippen LogP contribution in [0.1, 0.15) is 51.4 Å². The third kappa shape index (κ3) is 5.62. The Morgan fingerprint density at radius 2 is 1.55 bits per heavy atom. The van der Waals surface area contributed by atoms with E-state index in [1.165, 1.54) is 44.2 Å². The monoisotopic (exact) mass is 393 g/mol. The van der Waals surface area contributed by atoms with Gasteiger partial charge in [0.2, 0.25) is 0 Å². The number of urea groups is 1. The second-order valence-electron chi connectivity index (χ2n) is 8.09. The zero-order valence-electron chi connectivity index (χ0n) is 17.0. The molecule has 1 saturated heterocycles. The fraction of sp³-hybridized carbons (Fsp3) is 0.478. The van der Waals surface area contributed by atoms with Gasteiger partial charge in [-0.1, -0.05) is 19.3 Å². The van der Waals surface area contributed by atoms with Crippen molar-refractivity contribution < 1.29 is 4.79 Å². The van der Waals surface area contributed by atoms with Gasteiger partial charge in [-0.15, -0.1) is 0 Å². The van der Waals surface area contributed by atoms with Crippen LogP contribution in [0.15, 0.2) is 42.6 Å². The molecule has 6 nitrogen and oxygen atoms in total. The van der Waals surface area contributed by atoms with Crippen molar-refractivity contribution in [2.24, 2.45) is 0 Å². The zero-order valence-corrected chi connectivity index (χ0v) is 17.0. The molecule has 2 heterocycles. The molecule has 2 aromatic rings. The summed E-state index contributed by atoms with van der Waals surface area (Å²) < 4.78 is 0. The first-order chi connectivity index (χ1) is 14.3. The largest absolute Gasteiger partial charge is 0.372 e. The maximum Gasteiger partial charge on any atom is 0.319 e. The Balaban J connectivity index is 1.28. The number of hydrogen-bond acceptors (Lipinski definition) is 4. The van der Waals surface area contributed by atoms with Crippen molar-refractivity contribution >= 4 is 28.9 Å². The van der Waals surface area contributed by atoms with Crippen molar-refractivity contribution in [3.63, 3.8) is 0 Å². The van der Waals surface area contributed by atoms with Crippen molar-refractivity contribution in [3.05, 3.63) is 42.6 Å². The van der Waals surface area contributed by atoms with Crippen LogP contribution in [0.3, 0.4) is 0 Å². The van der Waals surface area contributed by atoms with Crippen molar-refractivity contribution in [1.82, 2.24) is 10.3 Å². The summed E-state index contributed by atoms with van der Waals surface area (Å²) >= 11 is 0. The second kappa shape index (κ2) is 9.63. The average Bonchev–Trinajstić information content (AvgIpc) is 2.77. The van der Waals surface area contributed by atoms with Crippen LogP contribution in [0, 0.1) is 0 Å². The van der Waals surface area contributed by atoms with Gasteiger partial charge in [0.25, 0.3) is 0 Å². The molecule has 2 aliphatic rings. The molecule has 2 fully saturated rings. The summed E-state index contributed by atoms with van der Waals surface area (Å²) in [4.78, 5) is 19.0. The molecule has 154 valence electrons. The Hall–Kier alpha value is -2.76. The number of carbonyl (C=O) groups excluding carboxylic acids is 1. The number of pyridine rings is 1. The third-order valence-electron chi connectivity index (χ3n) is 5.82. The molecular formula is C23H31N5O. The molecule has 0 radical (unpaired) electrons. The molecule has 3 N–H and O–H groups in total. The van der Waals surface area contributed by atoms with Crippen molar-refractivity contribution in [2.45, 2.75) is 57.4 Å². The van der Waals surface area contributed by atoms with Gasteiger partial charge in [0, 0.05) is 30.5 Å². The van der Waals surface area contributed by atoms with Crippen LogP contribution in [0.2, 0.25) is 0 Å². The lowest BCUT2D eigenvalue weighted by Crippen LogP contribution is -2.39. The first-order valence-electron chi connectivity index (χ1n) is 10.9. The van der Waals surface area contributed by atoms with Crippen LogP contribution in [0.4, 0.5) is 27.7 Å². The van der Waals surface area contributed by atoms with E-state index in [1.54, 1.807) is 6.20 Å². The molecule has 0 bridgehead atoms. The molecule has 6 heteroatoms. The molecule has 2 amide bonds. The summed E-state index contributed by atoms with van der Waals surface area (Å²) in [5.41, 5.74) is 2.99. The van der Waals surface area contributed by atoms with E-state index in [0.29, 0.717) is 11.7 Å². The third-order valence-corrected chi connectivity index (χ3v) is 5.82. The summed E-state index contributed by atoms with van der Waals surface area (Å²) in [6.45, 7) is 2.30. The molecular weight excluding hydrogens is 362 g/mol. The maximum atomic E-state index is 12.1. The Bertz CT molecular complexity index is 778. The van der Waals surface area contributed by atoms with Crippen molar-refractivity contribution in [2.75, 3.05) is 28.6 Å². The summed E-state index contributed by atoms with van der Waals surface area (Å²) in [5, 5.41) is 9.26. The number of rotatable bonds is 5. The molecule has 1 aliphatic carbocycles. The number of nitrogens with zero attached hydrogens (tertiary/aromatic N) is 2. The Labute approximate surface area is 173 Å². The van der Waals surface area contributed by atoms with E-state index >= 15 is 0 Å². The van der Waals surface area contributed by atoms with Gasteiger partial charge in [0.1, 0.15) is 5.82 Å². The summed E-state index contributed by atoms with van der Waals surface area (Å²) in [6.07, 6.45) is 11.4. The minimum absolute atomic E-state index is 0.146. The minimum Gasteiger partial charge on any atom is -0.372 e. The van der Waals surface area contributed by atoms with E-state index < -0.39 is 0 Å². The van der Waals surface area contributed by atoms with E-state index in [1.807, 2.05) is 12.1 Å². The van der Waals surface area contributed by atoms with E-state index in [-0.39, 0.29) is 6.03 Å². The van der Waals surface area contributed by atoms with Crippen LogP contribution in [-0.2, 0) is 0 Å². The van der Waals surface area contributed by atoms with Gasteiger partial charge in [-0.3, -0.25) is 0 Å². The number of aromatic nitrogens is 1. The molecule has 4 rings (SSSR count). The van der Waals surface area contributed by atoms with Crippen LogP contribution in [0.5, 0.6) is 0 Å². The molecule has 0 unspecified atom stereocenters. The summed E-state index contributed by atoms with van der Waals surface area (Å²) in [7, 11) is 0. The van der Waals surface area contributed by atoms with Gasteiger partial charge in [0.05, 0.1) is 11.9 Å². The number of hydrogen-bond donors (Lipinski definition) is 3. The summed E-state index contributed by atoms with van der Waals surface area (Å²) in [5.74, 6) is 0.758. The van der Waals surface area contributed by atoms with E-state index in [4.69, 9.17) is 0 Å². The molecule has 0 atom stereocenters. The normalized spacial score (nSPS) is 17.6. The van der Waals surface area contributed by atoms with Crippen LogP contribution in [0.25, 0.3) is 0 Å². The van der Waals surface area contributed by atoms with Gasteiger partial charge in [0.15, 0.2) is 0 Å². The highest BCUT2D eigenvalue weighted by Crippen LogP contribution is 2.23. The number of piperidine rings is 1. The Morgan fingerprint density at radius 1 is 0.862 bits per heavy atom.